The van der Waals surface area contributed by atoms with Crippen LogP contribution in [0, 0.1) is 0 Å². The second-order valence-electron chi connectivity index (χ2n) is 9.22. The van der Waals surface area contributed by atoms with Crippen molar-refractivity contribution in [3.8, 4) is 0 Å². The zero-order valence-electron chi connectivity index (χ0n) is 19.6. The van der Waals surface area contributed by atoms with Gasteiger partial charge in [-0.2, -0.15) is 0 Å². The zero-order valence-corrected chi connectivity index (χ0v) is 20.4. The fourth-order valence-corrected chi connectivity index (χ4v) is 4.30. The lowest BCUT2D eigenvalue weighted by Crippen LogP contribution is -2.27. The molecule has 0 radical (unpaired) electrons. The number of sulfone groups is 1. The molecule has 1 aliphatic heterocycles. The molecule has 0 amide bonds. The van der Waals surface area contributed by atoms with E-state index >= 15 is 0 Å². The van der Waals surface area contributed by atoms with Gasteiger partial charge in [-0.15, -0.1) is 0 Å². The van der Waals surface area contributed by atoms with E-state index in [1.165, 1.54) is 6.26 Å². The van der Waals surface area contributed by atoms with Crippen LogP contribution in [0.2, 0.25) is 0 Å². The Morgan fingerprint density at radius 1 is 1.15 bits per heavy atom. The van der Waals surface area contributed by atoms with Crippen molar-refractivity contribution in [2.24, 2.45) is 0 Å². The van der Waals surface area contributed by atoms with Crippen LogP contribution in [0.1, 0.15) is 50.9 Å². The Bertz CT molecular complexity index is 1180. The lowest BCUT2D eigenvalue weighted by Gasteiger charge is -2.21. The summed E-state index contributed by atoms with van der Waals surface area (Å²) in [5.74, 6) is 0.500. The van der Waals surface area contributed by atoms with Gasteiger partial charge in [0, 0.05) is 35.5 Å². The highest BCUT2D eigenvalue weighted by Crippen LogP contribution is 2.24. The zero-order chi connectivity index (χ0) is 24.1. The normalized spacial score (nSPS) is 15.0. The van der Waals surface area contributed by atoms with Crippen LogP contribution >= 0.6 is 0 Å². The molecule has 2 aromatic heterocycles. The number of carbonyl (C=O) groups excluding carboxylic acids is 1. The van der Waals surface area contributed by atoms with Crippen LogP contribution in [-0.4, -0.2) is 54.4 Å². The number of ether oxygens (including phenoxy) is 1. The summed E-state index contributed by atoms with van der Waals surface area (Å²) in [6.07, 6.45) is 9.16. The SMILES string of the molecule is CC(C)(C)OC=O.CS(=O)(=O)c1ccc2c(ccn2Cc2cnc(C3CCNCC3)cn2)c1. The van der Waals surface area contributed by atoms with Gasteiger partial charge in [0.2, 0.25) is 0 Å². The summed E-state index contributed by atoms with van der Waals surface area (Å²) in [6.45, 7) is 8.61. The van der Waals surface area contributed by atoms with Gasteiger partial charge in [0.1, 0.15) is 5.60 Å². The lowest BCUT2D eigenvalue weighted by molar-refractivity contribution is -0.138. The van der Waals surface area contributed by atoms with E-state index in [1.54, 1.807) is 12.1 Å². The van der Waals surface area contributed by atoms with Crippen LogP contribution in [0.4, 0.5) is 0 Å². The second-order valence-corrected chi connectivity index (χ2v) is 11.2. The average Bonchev–Trinajstić information content (AvgIpc) is 3.16. The number of nitrogens with zero attached hydrogens (tertiary/aromatic N) is 3. The summed E-state index contributed by atoms with van der Waals surface area (Å²) in [7, 11) is -3.20. The Hall–Kier alpha value is -2.78. The molecule has 8 nitrogen and oxygen atoms in total. The van der Waals surface area contributed by atoms with Crippen molar-refractivity contribution in [1.82, 2.24) is 19.9 Å². The largest absolute Gasteiger partial charge is 0.462 e. The molecule has 0 saturated carbocycles. The first-order valence-electron chi connectivity index (χ1n) is 11.0. The van der Waals surface area contributed by atoms with Gasteiger partial charge >= 0.3 is 0 Å². The molecule has 9 heteroatoms. The fraction of sp³-hybridized carbons (Fsp3) is 0.458. The summed E-state index contributed by atoms with van der Waals surface area (Å²) in [5.41, 5.74) is 2.64. The molecular weight excluding hydrogens is 440 g/mol. The molecule has 33 heavy (non-hydrogen) atoms. The molecule has 4 rings (SSSR count). The van der Waals surface area contributed by atoms with Gasteiger partial charge in [0.25, 0.3) is 6.47 Å². The van der Waals surface area contributed by atoms with Crippen LogP contribution < -0.4 is 5.32 Å². The molecule has 1 aliphatic rings. The van der Waals surface area contributed by atoms with Crippen LogP contribution in [0.15, 0.2) is 47.8 Å². The molecule has 3 aromatic rings. The maximum absolute atomic E-state index is 11.7. The van der Waals surface area contributed by atoms with Gasteiger partial charge in [-0.3, -0.25) is 14.8 Å². The Balaban J connectivity index is 0.000000383. The van der Waals surface area contributed by atoms with Crippen molar-refractivity contribution in [1.29, 1.82) is 0 Å². The minimum absolute atomic E-state index is 0.318. The average molecular weight is 473 g/mol. The Morgan fingerprint density at radius 3 is 2.42 bits per heavy atom. The number of piperidine rings is 1. The first-order valence-corrected chi connectivity index (χ1v) is 12.9. The van der Waals surface area contributed by atoms with Gasteiger partial charge in [0.05, 0.1) is 29.0 Å². The molecule has 0 spiro atoms. The smallest absolute Gasteiger partial charge is 0.293 e. The summed E-state index contributed by atoms with van der Waals surface area (Å²) >= 11 is 0. The first-order chi connectivity index (χ1) is 15.6. The quantitative estimate of drug-likeness (QED) is 0.568. The Kier molecular flexibility index (Phi) is 7.86. The molecule has 1 aromatic carbocycles. The second kappa shape index (κ2) is 10.4. The van der Waals surface area contributed by atoms with Gasteiger partial charge in [0.15, 0.2) is 9.84 Å². The van der Waals surface area contributed by atoms with Gasteiger partial charge in [-0.1, -0.05) is 0 Å². The van der Waals surface area contributed by atoms with E-state index in [9.17, 15) is 13.2 Å². The molecular formula is C24H32N4O4S. The third-order valence-corrected chi connectivity index (χ3v) is 6.50. The number of rotatable bonds is 5. The number of benzene rings is 1. The molecule has 1 fully saturated rings. The van der Waals surface area contributed by atoms with Crippen molar-refractivity contribution in [3.63, 3.8) is 0 Å². The van der Waals surface area contributed by atoms with E-state index < -0.39 is 9.84 Å². The summed E-state index contributed by atoms with van der Waals surface area (Å²) < 4.78 is 30.0. The van der Waals surface area contributed by atoms with Crippen molar-refractivity contribution < 1.29 is 17.9 Å². The summed E-state index contributed by atoms with van der Waals surface area (Å²) in [5, 5.41) is 4.28. The minimum atomic E-state index is -3.20. The molecule has 0 aliphatic carbocycles. The van der Waals surface area contributed by atoms with Crippen LogP contribution in [-0.2, 0) is 25.9 Å². The van der Waals surface area contributed by atoms with E-state index in [0.717, 1.165) is 48.2 Å². The van der Waals surface area contributed by atoms with Crippen molar-refractivity contribution in [2.75, 3.05) is 19.3 Å². The number of hydrogen-bond acceptors (Lipinski definition) is 7. The van der Waals surface area contributed by atoms with E-state index in [1.807, 2.05) is 51.5 Å². The molecule has 0 unspecified atom stereocenters. The van der Waals surface area contributed by atoms with E-state index in [4.69, 9.17) is 0 Å². The lowest BCUT2D eigenvalue weighted by atomic mass is 9.95. The van der Waals surface area contributed by atoms with Gasteiger partial charge in [-0.25, -0.2) is 8.42 Å². The van der Waals surface area contributed by atoms with Crippen molar-refractivity contribution in [2.45, 2.75) is 56.6 Å². The monoisotopic (exact) mass is 472 g/mol. The number of fused-ring (bicyclic) bond motifs is 1. The van der Waals surface area contributed by atoms with Gasteiger partial charge in [-0.05, 0) is 71.0 Å². The summed E-state index contributed by atoms with van der Waals surface area (Å²) in [4.78, 5) is 19.2. The Labute approximate surface area is 195 Å². The predicted molar refractivity (Wildman–Crippen MR) is 128 cm³/mol. The highest BCUT2D eigenvalue weighted by molar-refractivity contribution is 7.90. The number of nitrogens with one attached hydrogen (secondary N) is 1. The molecule has 1 N–H and O–H groups in total. The van der Waals surface area contributed by atoms with Crippen molar-refractivity contribution in [3.05, 3.63) is 54.2 Å². The molecule has 178 valence electrons. The van der Waals surface area contributed by atoms with E-state index in [2.05, 4.69) is 24.6 Å². The number of hydrogen-bond donors (Lipinski definition) is 1. The Morgan fingerprint density at radius 2 is 1.88 bits per heavy atom. The first kappa shape index (κ1) is 24.9. The number of carbonyl (C=O) groups is 1. The van der Waals surface area contributed by atoms with Crippen LogP contribution in [0.5, 0.6) is 0 Å². The number of aromatic nitrogens is 3. The third kappa shape index (κ3) is 7.10. The topological polar surface area (TPSA) is 103 Å². The molecule has 0 atom stereocenters. The molecule has 0 bridgehead atoms. The molecule has 1 saturated heterocycles. The van der Waals surface area contributed by atoms with E-state index in [0.29, 0.717) is 23.8 Å². The maximum atomic E-state index is 11.7. The van der Waals surface area contributed by atoms with Crippen LogP contribution in [0.3, 0.4) is 0 Å². The highest BCUT2D eigenvalue weighted by atomic mass is 32.2. The van der Waals surface area contributed by atoms with Crippen LogP contribution in [0.25, 0.3) is 10.9 Å². The maximum Gasteiger partial charge on any atom is 0.293 e. The summed E-state index contributed by atoms with van der Waals surface area (Å²) in [6, 6.07) is 7.15. The minimum Gasteiger partial charge on any atom is -0.462 e. The molecule has 3 heterocycles. The van der Waals surface area contributed by atoms with Gasteiger partial charge < -0.3 is 14.6 Å². The fourth-order valence-electron chi connectivity index (χ4n) is 3.64. The predicted octanol–water partition coefficient (Wildman–Crippen LogP) is 3.31. The highest BCUT2D eigenvalue weighted by Gasteiger charge is 2.17. The standard InChI is InChI=1S/C19H22N4O2S.C5H10O2/c1-26(24,25)17-2-3-19-15(10-17)6-9-23(19)13-16-11-22-18(12-21-16)14-4-7-20-8-5-14;1-5(2,3)7-4-6/h2-3,6,9-12,14,20H,4-5,7-8,13H2,1H3;4H,1-3H3. The third-order valence-electron chi connectivity index (χ3n) is 5.39. The van der Waals surface area contributed by atoms with Crippen molar-refractivity contribution >= 4 is 27.2 Å². The van der Waals surface area contributed by atoms with E-state index in [-0.39, 0.29) is 5.60 Å².